The number of rotatable bonds is 6. The van der Waals surface area contributed by atoms with E-state index < -0.39 is 0 Å². The molecule has 0 atom stereocenters. The van der Waals surface area contributed by atoms with E-state index in [0.29, 0.717) is 0 Å². The van der Waals surface area contributed by atoms with Gasteiger partial charge in [0.2, 0.25) is 0 Å². The number of ether oxygens (including phenoxy) is 1. The van der Waals surface area contributed by atoms with Crippen molar-refractivity contribution in [3.05, 3.63) is 58.7 Å². The van der Waals surface area contributed by atoms with E-state index in [1.165, 1.54) is 22.3 Å². The van der Waals surface area contributed by atoms with Crippen LogP contribution in [0.5, 0.6) is 11.5 Å². The van der Waals surface area contributed by atoms with Gasteiger partial charge in [0.25, 0.3) is 0 Å². The summed E-state index contributed by atoms with van der Waals surface area (Å²) >= 11 is 0. The topological polar surface area (TPSA) is 21.3 Å². The molecule has 0 radical (unpaired) electrons. The van der Waals surface area contributed by atoms with Crippen LogP contribution in [0.15, 0.2) is 36.4 Å². The van der Waals surface area contributed by atoms with E-state index in [1.807, 2.05) is 6.07 Å². The Kier molecular flexibility index (Phi) is 5.40. The molecular weight excluding hydrogens is 258 g/mol. The lowest BCUT2D eigenvalue weighted by molar-refractivity contribution is 0.481. The second-order valence-electron chi connectivity index (χ2n) is 5.69. The highest BCUT2D eigenvalue weighted by Crippen LogP contribution is 2.25. The van der Waals surface area contributed by atoms with E-state index in [2.05, 4.69) is 63.3 Å². The van der Waals surface area contributed by atoms with Crippen molar-refractivity contribution in [3.63, 3.8) is 0 Å². The van der Waals surface area contributed by atoms with Crippen molar-refractivity contribution in [1.29, 1.82) is 0 Å². The van der Waals surface area contributed by atoms with Gasteiger partial charge < -0.3 is 10.1 Å². The van der Waals surface area contributed by atoms with Gasteiger partial charge in [-0.1, -0.05) is 19.1 Å². The average molecular weight is 283 g/mol. The van der Waals surface area contributed by atoms with Crippen LogP contribution in [0, 0.1) is 20.8 Å². The molecule has 2 aromatic rings. The minimum absolute atomic E-state index is 0.900. The third-order valence-corrected chi connectivity index (χ3v) is 3.49. The summed E-state index contributed by atoms with van der Waals surface area (Å²) in [6, 6.07) is 12.6. The Labute approximate surface area is 128 Å². The minimum atomic E-state index is 0.900. The van der Waals surface area contributed by atoms with Gasteiger partial charge in [0, 0.05) is 6.54 Å². The highest BCUT2D eigenvalue weighted by Gasteiger charge is 2.03. The van der Waals surface area contributed by atoms with Crippen molar-refractivity contribution >= 4 is 0 Å². The first-order chi connectivity index (χ1) is 10.1. The first-order valence-electron chi connectivity index (χ1n) is 7.65. The largest absolute Gasteiger partial charge is 0.457 e. The van der Waals surface area contributed by atoms with Gasteiger partial charge in [0.1, 0.15) is 11.5 Å². The SMILES string of the molecule is CCCNCc1ccc(Oc2cc(C)cc(C)c2)cc1C. The van der Waals surface area contributed by atoms with Crippen LogP contribution in [-0.4, -0.2) is 6.54 Å². The number of hydrogen-bond donors (Lipinski definition) is 1. The molecule has 0 aliphatic rings. The predicted molar refractivity (Wildman–Crippen MR) is 89.2 cm³/mol. The van der Waals surface area contributed by atoms with Gasteiger partial charge in [0.15, 0.2) is 0 Å². The Balaban J connectivity index is 2.09. The van der Waals surface area contributed by atoms with Crippen molar-refractivity contribution < 1.29 is 4.74 Å². The van der Waals surface area contributed by atoms with Gasteiger partial charge in [0.05, 0.1) is 0 Å². The molecule has 112 valence electrons. The predicted octanol–water partition coefficient (Wildman–Crippen LogP) is 4.90. The molecule has 2 aromatic carbocycles. The van der Waals surface area contributed by atoms with Crippen LogP contribution in [0.3, 0.4) is 0 Å². The summed E-state index contributed by atoms with van der Waals surface area (Å²) in [5.41, 5.74) is 5.04. The molecule has 0 aromatic heterocycles. The van der Waals surface area contributed by atoms with Gasteiger partial charge >= 0.3 is 0 Å². The van der Waals surface area contributed by atoms with E-state index in [0.717, 1.165) is 31.0 Å². The molecule has 21 heavy (non-hydrogen) atoms. The molecule has 0 aliphatic carbocycles. The average Bonchev–Trinajstić information content (AvgIpc) is 2.40. The fourth-order valence-electron chi connectivity index (χ4n) is 2.46. The molecule has 0 saturated heterocycles. The van der Waals surface area contributed by atoms with Crippen LogP contribution < -0.4 is 10.1 Å². The maximum absolute atomic E-state index is 5.98. The number of hydrogen-bond acceptors (Lipinski definition) is 2. The molecule has 0 fully saturated rings. The monoisotopic (exact) mass is 283 g/mol. The van der Waals surface area contributed by atoms with Crippen molar-refractivity contribution in [2.75, 3.05) is 6.54 Å². The number of nitrogens with one attached hydrogen (secondary N) is 1. The Morgan fingerprint density at radius 1 is 0.905 bits per heavy atom. The Morgan fingerprint density at radius 2 is 1.62 bits per heavy atom. The molecule has 1 N–H and O–H groups in total. The minimum Gasteiger partial charge on any atom is -0.457 e. The molecule has 2 nitrogen and oxygen atoms in total. The fourth-order valence-corrected chi connectivity index (χ4v) is 2.46. The first kappa shape index (κ1) is 15.6. The van der Waals surface area contributed by atoms with Crippen LogP contribution in [0.4, 0.5) is 0 Å². The number of aryl methyl sites for hydroxylation is 3. The van der Waals surface area contributed by atoms with Crippen LogP contribution in [-0.2, 0) is 6.54 Å². The molecule has 0 unspecified atom stereocenters. The summed E-state index contributed by atoms with van der Waals surface area (Å²) in [5, 5.41) is 3.44. The first-order valence-corrected chi connectivity index (χ1v) is 7.65. The summed E-state index contributed by atoms with van der Waals surface area (Å²) in [6.07, 6.45) is 1.16. The van der Waals surface area contributed by atoms with Crippen molar-refractivity contribution in [2.45, 2.75) is 40.7 Å². The molecule has 0 aliphatic heterocycles. The molecule has 2 heteroatoms. The van der Waals surface area contributed by atoms with Crippen molar-refractivity contribution in [3.8, 4) is 11.5 Å². The zero-order valence-corrected chi connectivity index (χ0v) is 13.5. The molecule has 2 rings (SSSR count). The summed E-state index contributed by atoms with van der Waals surface area (Å²) in [5.74, 6) is 1.81. The van der Waals surface area contributed by atoms with E-state index in [4.69, 9.17) is 4.74 Å². The molecule has 0 heterocycles. The van der Waals surface area contributed by atoms with Gasteiger partial charge in [-0.3, -0.25) is 0 Å². The lowest BCUT2D eigenvalue weighted by Gasteiger charge is -2.11. The second kappa shape index (κ2) is 7.28. The highest BCUT2D eigenvalue weighted by atomic mass is 16.5. The Bertz CT molecular complexity index is 584. The van der Waals surface area contributed by atoms with Crippen molar-refractivity contribution in [2.24, 2.45) is 0 Å². The van der Waals surface area contributed by atoms with Crippen LogP contribution in [0.25, 0.3) is 0 Å². The Hall–Kier alpha value is -1.80. The van der Waals surface area contributed by atoms with Crippen LogP contribution in [0.2, 0.25) is 0 Å². The highest BCUT2D eigenvalue weighted by molar-refractivity contribution is 5.40. The third kappa shape index (κ3) is 4.61. The maximum atomic E-state index is 5.98. The van der Waals surface area contributed by atoms with Gasteiger partial charge in [-0.25, -0.2) is 0 Å². The number of benzene rings is 2. The molecule has 0 bridgehead atoms. The fraction of sp³-hybridized carbons (Fsp3) is 0.368. The van der Waals surface area contributed by atoms with Gasteiger partial charge in [-0.15, -0.1) is 0 Å². The molecule has 0 amide bonds. The van der Waals surface area contributed by atoms with E-state index in [9.17, 15) is 0 Å². The van der Waals surface area contributed by atoms with Crippen LogP contribution >= 0.6 is 0 Å². The molecule has 0 saturated carbocycles. The van der Waals surface area contributed by atoms with Gasteiger partial charge in [-0.05, 0) is 80.3 Å². The van der Waals surface area contributed by atoms with E-state index in [1.54, 1.807) is 0 Å². The Morgan fingerprint density at radius 3 is 2.24 bits per heavy atom. The van der Waals surface area contributed by atoms with Gasteiger partial charge in [-0.2, -0.15) is 0 Å². The summed E-state index contributed by atoms with van der Waals surface area (Å²) < 4.78 is 5.98. The summed E-state index contributed by atoms with van der Waals surface area (Å²) in [7, 11) is 0. The van der Waals surface area contributed by atoms with Crippen molar-refractivity contribution in [1.82, 2.24) is 5.32 Å². The normalized spacial score (nSPS) is 10.7. The molecular formula is C19H25NO. The summed E-state index contributed by atoms with van der Waals surface area (Å²) in [4.78, 5) is 0. The third-order valence-electron chi connectivity index (χ3n) is 3.49. The van der Waals surface area contributed by atoms with E-state index >= 15 is 0 Å². The zero-order valence-electron chi connectivity index (χ0n) is 13.5. The lowest BCUT2D eigenvalue weighted by Crippen LogP contribution is -2.14. The summed E-state index contributed by atoms with van der Waals surface area (Å²) in [6.45, 7) is 10.5. The van der Waals surface area contributed by atoms with Crippen LogP contribution in [0.1, 0.15) is 35.6 Å². The molecule has 0 spiro atoms. The zero-order chi connectivity index (χ0) is 15.2. The standard InChI is InChI=1S/C19H25NO/c1-5-8-20-13-17-6-7-18(12-16(17)4)21-19-10-14(2)9-15(3)11-19/h6-7,9-12,20H,5,8,13H2,1-4H3. The smallest absolute Gasteiger partial charge is 0.127 e. The second-order valence-corrected chi connectivity index (χ2v) is 5.69. The maximum Gasteiger partial charge on any atom is 0.127 e. The lowest BCUT2D eigenvalue weighted by atomic mass is 10.1. The quantitative estimate of drug-likeness (QED) is 0.761. The van der Waals surface area contributed by atoms with E-state index in [-0.39, 0.29) is 0 Å².